The third-order valence-corrected chi connectivity index (χ3v) is 3.42. The van der Waals surface area contributed by atoms with Gasteiger partial charge in [0, 0.05) is 17.8 Å². The van der Waals surface area contributed by atoms with Crippen LogP contribution in [-0.4, -0.2) is 4.98 Å². The highest BCUT2D eigenvalue weighted by Gasteiger charge is 2.14. The molecule has 17 heavy (non-hydrogen) atoms. The lowest BCUT2D eigenvalue weighted by atomic mass is 9.93. The van der Waals surface area contributed by atoms with Gasteiger partial charge in [0.05, 0.1) is 10.0 Å². The van der Waals surface area contributed by atoms with Gasteiger partial charge in [-0.25, -0.2) is 0 Å². The van der Waals surface area contributed by atoms with Gasteiger partial charge in [-0.05, 0) is 36.2 Å². The molecule has 0 spiro atoms. The van der Waals surface area contributed by atoms with E-state index in [9.17, 15) is 0 Å². The zero-order chi connectivity index (χ0) is 12.3. The molecular formula is C14H12Cl2N. The Balaban J connectivity index is 2.39. The number of rotatable bonds is 3. The molecule has 0 aliphatic rings. The molecule has 1 heterocycles. The van der Waals surface area contributed by atoms with Crippen LogP contribution in [0.15, 0.2) is 42.6 Å². The van der Waals surface area contributed by atoms with Crippen LogP contribution in [0.4, 0.5) is 0 Å². The average molecular weight is 265 g/mol. The van der Waals surface area contributed by atoms with Crippen LogP contribution < -0.4 is 0 Å². The summed E-state index contributed by atoms with van der Waals surface area (Å²) < 4.78 is 0. The van der Waals surface area contributed by atoms with Gasteiger partial charge in [0.1, 0.15) is 0 Å². The van der Waals surface area contributed by atoms with Crippen molar-refractivity contribution in [2.45, 2.75) is 12.3 Å². The Morgan fingerprint density at radius 2 is 1.94 bits per heavy atom. The Kier molecular flexibility index (Phi) is 4.03. The van der Waals surface area contributed by atoms with Crippen molar-refractivity contribution >= 4 is 23.2 Å². The summed E-state index contributed by atoms with van der Waals surface area (Å²) >= 11 is 11.9. The molecule has 1 aromatic heterocycles. The minimum Gasteiger partial charge on any atom is -0.261 e. The molecule has 0 N–H and O–H groups in total. The molecule has 0 bridgehead atoms. The van der Waals surface area contributed by atoms with E-state index in [-0.39, 0.29) is 5.92 Å². The fraction of sp³-hybridized carbons (Fsp3) is 0.143. The average Bonchev–Trinajstić information content (AvgIpc) is 2.36. The molecule has 0 aliphatic carbocycles. The SMILES string of the molecule is [CH2]CC(c1ccc(Cl)c(Cl)c1)c1ccccn1. The van der Waals surface area contributed by atoms with Gasteiger partial charge in [-0.1, -0.05) is 42.3 Å². The van der Waals surface area contributed by atoms with Crippen LogP contribution in [0.5, 0.6) is 0 Å². The fourth-order valence-corrected chi connectivity index (χ4v) is 2.10. The van der Waals surface area contributed by atoms with Gasteiger partial charge < -0.3 is 0 Å². The van der Waals surface area contributed by atoms with Crippen molar-refractivity contribution in [3.05, 3.63) is 70.8 Å². The lowest BCUT2D eigenvalue weighted by Gasteiger charge is -2.15. The van der Waals surface area contributed by atoms with Crippen molar-refractivity contribution in [2.24, 2.45) is 0 Å². The number of halogens is 2. The van der Waals surface area contributed by atoms with Crippen molar-refractivity contribution in [2.75, 3.05) is 0 Å². The van der Waals surface area contributed by atoms with E-state index in [0.717, 1.165) is 17.7 Å². The third kappa shape index (κ3) is 2.80. The summed E-state index contributed by atoms with van der Waals surface area (Å²) in [4.78, 5) is 4.36. The molecule has 3 heteroatoms. The first kappa shape index (κ1) is 12.4. The minimum atomic E-state index is 0.158. The molecule has 0 aliphatic heterocycles. The molecule has 0 amide bonds. The van der Waals surface area contributed by atoms with Gasteiger partial charge in [-0.3, -0.25) is 4.98 Å². The van der Waals surface area contributed by atoms with Gasteiger partial charge in [-0.2, -0.15) is 0 Å². The van der Waals surface area contributed by atoms with Crippen LogP contribution in [0.2, 0.25) is 10.0 Å². The summed E-state index contributed by atoms with van der Waals surface area (Å²) in [5, 5.41) is 1.14. The molecule has 1 aromatic carbocycles. The number of nitrogens with zero attached hydrogens (tertiary/aromatic N) is 1. The monoisotopic (exact) mass is 264 g/mol. The van der Waals surface area contributed by atoms with Crippen molar-refractivity contribution in [1.82, 2.24) is 4.98 Å². The highest BCUT2D eigenvalue weighted by molar-refractivity contribution is 6.42. The Labute approximate surface area is 111 Å². The highest BCUT2D eigenvalue weighted by atomic mass is 35.5. The molecule has 1 atom stereocenters. The molecule has 2 aromatic rings. The number of benzene rings is 1. The topological polar surface area (TPSA) is 12.9 Å². The Morgan fingerprint density at radius 3 is 2.53 bits per heavy atom. The maximum atomic E-state index is 6.03. The summed E-state index contributed by atoms with van der Waals surface area (Å²) in [6.45, 7) is 3.97. The van der Waals surface area contributed by atoms with E-state index in [1.807, 2.05) is 36.4 Å². The molecule has 1 nitrogen and oxygen atoms in total. The van der Waals surface area contributed by atoms with Crippen LogP contribution in [0.3, 0.4) is 0 Å². The van der Waals surface area contributed by atoms with Crippen molar-refractivity contribution in [1.29, 1.82) is 0 Å². The summed E-state index contributed by atoms with van der Waals surface area (Å²) in [5.74, 6) is 0.158. The first-order valence-corrected chi connectivity index (χ1v) is 6.13. The van der Waals surface area contributed by atoms with E-state index < -0.39 is 0 Å². The molecule has 0 saturated heterocycles. The first-order chi connectivity index (χ1) is 8.22. The van der Waals surface area contributed by atoms with E-state index in [1.165, 1.54) is 0 Å². The zero-order valence-corrected chi connectivity index (χ0v) is 10.7. The van der Waals surface area contributed by atoms with Crippen molar-refractivity contribution in [3.63, 3.8) is 0 Å². The molecule has 1 radical (unpaired) electrons. The predicted octanol–water partition coefficient (Wildman–Crippen LogP) is 4.74. The van der Waals surface area contributed by atoms with Crippen molar-refractivity contribution in [3.8, 4) is 0 Å². The quantitative estimate of drug-likeness (QED) is 0.780. The summed E-state index contributed by atoms with van der Waals surface area (Å²) in [7, 11) is 0. The molecule has 1 unspecified atom stereocenters. The van der Waals surface area contributed by atoms with Crippen LogP contribution in [0, 0.1) is 6.92 Å². The summed E-state index contributed by atoms with van der Waals surface area (Å²) in [5.41, 5.74) is 2.09. The summed E-state index contributed by atoms with van der Waals surface area (Å²) in [6, 6.07) is 11.5. The second-order valence-electron chi connectivity index (χ2n) is 3.77. The second kappa shape index (κ2) is 5.52. The lowest BCUT2D eigenvalue weighted by Crippen LogP contribution is -2.02. The predicted molar refractivity (Wildman–Crippen MR) is 72.5 cm³/mol. The van der Waals surface area contributed by atoms with E-state index in [4.69, 9.17) is 23.2 Å². The minimum absolute atomic E-state index is 0.158. The van der Waals surface area contributed by atoms with Gasteiger partial charge in [0.25, 0.3) is 0 Å². The Hall–Kier alpha value is -1.05. The van der Waals surface area contributed by atoms with Gasteiger partial charge in [0.2, 0.25) is 0 Å². The Bertz CT molecular complexity index is 497. The fourth-order valence-electron chi connectivity index (χ4n) is 1.80. The lowest BCUT2D eigenvalue weighted by molar-refractivity contribution is 0.792. The third-order valence-electron chi connectivity index (χ3n) is 2.68. The molecule has 2 rings (SSSR count). The maximum Gasteiger partial charge on any atom is 0.0595 e. The van der Waals surface area contributed by atoms with Gasteiger partial charge in [0.15, 0.2) is 0 Å². The highest BCUT2D eigenvalue weighted by Crippen LogP contribution is 2.31. The number of aromatic nitrogens is 1. The molecule has 0 saturated carbocycles. The van der Waals surface area contributed by atoms with E-state index in [2.05, 4.69) is 11.9 Å². The van der Waals surface area contributed by atoms with E-state index >= 15 is 0 Å². The van der Waals surface area contributed by atoms with E-state index in [0.29, 0.717) is 10.0 Å². The largest absolute Gasteiger partial charge is 0.261 e. The Morgan fingerprint density at radius 1 is 1.12 bits per heavy atom. The van der Waals surface area contributed by atoms with Crippen LogP contribution in [0.1, 0.15) is 23.6 Å². The standard InChI is InChI=1S/C14H12Cl2N/c1-2-11(14-5-3-4-8-17-14)10-6-7-12(15)13(16)9-10/h3-9,11H,1-2H2. The van der Waals surface area contributed by atoms with E-state index in [1.54, 1.807) is 6.20 Å². The summed E-state index contributed by atoms with van der Waals surface area (Å²) in [6.07, 6.45) is 2.52. The number of hydrogen-bond donors (Lipinski definition) is 0. The zero-order valence-electron chi connectivity index (χ0n) is 9.24. The van der Waals surface area contributed by atoms with Gasteiger partial charge in [-0.15, -0.1) is 0 Å². The van der Waals surface area contributed by atoms with Gasteiger partial charge >= 0.3 is 0 Å². The first-order valence-electron chi connectivity index (χ1n) is 5.37. The molecular weight excluding hydrogens is 253 g/mol. The number of pyridine rings is 1. The molecule has 0 fully saturated rings. The van der Waals surface area contributed by atoms with Crippen LogP contribution >= 0.6 is 23.2 Å². The smallest absolute Gasteiger partial charge is 0.0595 e. The van der Waals surface area contributed by atoms with Crippen LogP contribution in [-0.2, 0) is 0 Å². The number of hydrogen-bond acceptors (Lipinski definition) is 1. The second-order valence-corrected chi connectivity index (χ2v) is 4.58. The maximum absolute atomic E-state index is 6.03. The normalized spacial score (nSPS) is 12.4. The molecule has 87 valence electrons. The van der Waals surface area contributed by atoms with Crippen LogP contribution in [0.25, 0.3) is 0 Å². The van der Waals surface area contributed by atoms with Crippen molar-refractivity contribution < 1.29 is 0 Å².